The Morgan fingerprint density at radius 1 is 1.09 bits per heavy atom. The fraction of sp³-hybridized carbons (Fsp3) is 0.385. The van der Waals surface area contributed by atoms with Gasteiger partial charge in [0.15, 0.2) is 0 Å². The van der Waals surface area contributed by atoms with E-state index in [9.17, 15) is 4.79 Å². The minimum Gasteiger partial charge on any atom is -0.422 e. The van der Waals surface area contributed by atoms with Crippen molar-refractivity contribution in [3.8, 4) is 11.1 Å². The van der Waals surface area contributed by atoms with Gasteiger partial charge in [-0.2, -0.15) is 0 Å². The van der Waals surface area contributed by atoms with Crippen molar-refractivity contribution in [2.75, 3.05) is 24.5 Å². The zero-order valence-electron chi connectivity index (χ0n) is 19.4. The highest BCUT2D eigenvalue weighted by atomic mass is 16.4. The lowest BCUT2D eigenvalue weighted by atomic mass is 10.1. The molecule has 1 atom stereocenters. The van der Waals surface area contributed by atoms with Crippen LogP contribution in [-0.4, -0.2) is 46.0 Å². The standard InChI is InChI=1S/C26H30N4O2/c1-16(2)30-9-8-28(14-18(30)4)22-7-6-20-10-23(26(31)32-25(20)12-22)21-11-24-19(5)27-17(3)13-29(24)15-21/h6-7,10-13,15-16,18H,8-9,14H2,1-5H3/t18-/m1/s1. The molecule has 0 spiro atoms. The summed E-state index contributed by atoms with van der Waals surface area (Å²) in [6, 6.07) is 11.2. The molecule has 1 saturated heterocycles. The largest absolute Gasteiger partial charge is 0.422 e. The van der Waals surface area contributed by atoms with Crippen LogP contribution in [-0.2, 0) is 0 Å². The summed E-state index contributed by atoms with van der Waals surface area (Å²) >= 11 is 0. The molecule has 0 aliphatic carbocycles. The number of aryl methyl sites for hydroxylation is 2. The summed E-state index contributed by atoms with van der Waals surface area (Å²) in [7, 11) is 0. The predicted octanol–water partition coefficient (Wildman–Crippen LogP) is 4.64. The van der Waals surface area contributed by atoms with E-state index in [-0.39, 0.29) is 5.63 Å². The predicted molar refractivity (Wildman–Crippen MR) is 130 cm³/mol. The first-order valence-corrected chi connectivity index (χ1v) is 11.3. The molecule has 166 valence electrons. The van der Waals surface area contributed by atoms with Crippen LogP contribution in [0.1, 0.15) is 32.2 Å². The molecule has 1 aliphatic heterocycles. The van der Waals surface area contributed by atoms with E-state index in [1.54, 1.807) is 0 Å². The van der Waals surface area contributed by atoms with Crippen molar-refractivity contribution < 1.29 is 4.42 Å². The molecule has 0 unspecified atom stereocenters. The first kappa shape index (κ1) is 20.8. The van der Waals surface area contributed by atoms with Crippen LogP contribution in [0.4, 0.5) is 5.69 Å². The molecule has 0 N–H and O–H groups in total. The third kappa shape index (κ3) is 3.58. The molecule has 0 radical (unpaired) electrons. The number of anilines is 1. The van der Waals surface area contributed by atoms with Crippen LogP contribution >= 0.6 is 0 Å². The van der Waals surface area contributed by atoms with Crippen molar-refractivity contribution >= 4 is 22.2 Å². The van der Waals surface area contributed by atoms with Gasteiger partial charge in [0.1, 0.15) is 5.58 Å². The topological polar surface area (TPSA) is 54.0 Å². The molecule has 4 aromatic rings. The summed E-state index contributed by atoms with van der Waals surface area (Å²) in [5, 5.41) is 0.929. The first-order valence-electron chi connectivity index (χ1n) is 11.3. The average Bonchev–Trinajstić information content (AvgIpc) is 3.16. The Morgan fingerprint density at radius 2 is 1.91 bits per heavy atom. The fourth-order valence-corrected chi connectivity index (χ4v) is 5.05. The molecule has 0 bridgehead atoms. The Bertz CT molecular complexity index is 1370. The Labute approximate surface area is 188 Å². The van der Waals surface area contributed by atoms with Crippen LogP contribution in [0.5, 0.6) is 0 Å². The smallest absolute Gasteiger partial charge is 0.344 e. The second-order valence-corrected chi connectivity index (χ2v) is 9.29. The lowest BCUT2D eigenvalue weighted by Crippen LogP contribution is -2.54. The number of rotatable bonds is 3. The highest BCUT2D eigenvalue weighted by molar-refractivity contribution is 5.85. The molecule has 1 fully saturated rings. The van der Waals surface area contributed by atoms with E-state index in [1.807, 2.05) is 48.8 Å². The van der Waals surface area contributed by atoms with Crippen LogP contribution in [0.15, 0.2) is 51.9 Å². The number of nitrogens with zero attached hydrogens (tertiary/aromatic N) is 4. The number of piperazine rings is 1. The van der Waals surface area contributed by atoms with Crippen LogP contribution in [0.25, 0.3) is 27.6 Å². The third-order valence-corrected chi connectivity index (χ3v) is 6.63. The maximum Gasteiger partial charge on any atom is 0.344 e. The van der Waals surface area contributed by atoms with Gasteiger partial charge in [0, 0.05) is 66.8 Å². The van der Waals surface area contributed by atoms with E-state index >= 15 is 0 Å². The molecular formula is C26H30N4O2. The second kappa shape index (κ2) is 7.78. The molecule has 1 aromatic carbocycles. The van der Waals surface area contributed by atoms with Crippen molar-refractivity contribution in [3.05, 3.63) is 64.5 Å². The van der Waals surface area contributed by atoms with Crippen molar-refractivity contribution in [3.63, 3.8) is 0 Å². The summed E-state index contributed by atoms with van der Waals surface area (Å²) in [5.41, 5.74) is 5.73. The summed E-state index contributed by atoms with van der Waals surface area (Å²) < 4.78 is 7.82. The summed E-state index contributed by atoms with van der Waals surface area (Å²) in [5.74, 6) is 0. The lowest BCUT2D eigenvalue weighted by Gasteiger charge is -2.43. The van der Waals surface area contributed by atoms with E-state index in [4.69, 9.17) is 4.42 Å². The Hall–Kier alpha value is -3.12. The van der Waals surface area contributed by atoms with Crippen LogP contribution in [0.2, 0.25) is 0 Å². The van der Waals surface area contributed by atoms with Crippen LogP contribution in [0, 0.1) is 13.8 Å². The molecule has 6 heteroatoms. The van der Waals surface area contributed by atoms with Crippen LogP contribution < -0.4 is 10.5 Å². The van der Waals surface area contributed by atoms with Gasteiger partial charge < -0.3 is 13.7 Å². The molecule has 4 heterocycles. The molecule has 32 heavy (non-hydrogen) atoms. The highest BCUT2D eigenvalue weighted by Crippen LogP contribution is 2.28. The van der Waals surface area contributed by atoms with Gasteiger partial charge in [0.2, 0.25) is 0 Å². The normalized spacial score (nSPS) is 17.7. The quantitative estimate of drug-likeness (QED) is 0.443. The van der Waals surface area contributed by atoms with Gasteiger partial charge in [-0.3, -0.25) is 9.88 Å². The average molecular weight is 431 g/mol. The number of benzene rings is 1. The number of fused-ring (bicyclic) bond motifs is 2. The summed E-state index contributed by atoms with van der Waals surface area (Å²) in [6.07, 6.45) is 3.94. The molecule has 3 aromatic heterocycles. The number of hydrogen-bond donors (Lipinski definition) is 0. The first-order chi connectivity index (χ1) is 15.3. The fourth-order valence-electron chi connectivity index (χ4n) is 5.05. The van der Waals surface area contributed by atoms with Crippen molar-refractivity contribution in [2.45, 2.75) is 46.7 Å². The van der Waals surface area contributed by atoms with Gasteiger partial charge in [-0.1, -0.05) is 0 Å². The highest BCUT2D eigenvalue weighted by Gasteiger charge is 2.25. The third-order valence-electron chi connectivity index (χ3n) is 6.63. The number of hydrogen-bond acceptors (Lipinski definition) is 5. The van der Waals surface area contributed by atoms with Gasteiger partial charge in [-0.05, 0) is 58.9 Å². The number of aromatic nitrogens is 2. The van der Waals surface area contributed by atoms with Gasteiger partial charge in [0.25, 0.3) is 0 Å². The van der Waals surface area contributed by atoms with E-state index in [2.05, 4.69) is 47.7 Å². The molecule has 0 saturated carbocycles. The lowest BCUT2D eigenvalue weighted by molar-refractivity contribution is 0.148. The van der Waals surface area contributed by atoms with E-state index in [1.165, 1.54) is 0 Å². The Kier molecular flexibility index (Phi) is 5.05. The van der Waals surface area contributed by atoms with Crippen molar-refractivity contribution in [1.82, 2.24) is 14.3 Å². The van der Waals surface area contributed by atoms with Gasteiger partial charge in [-0.25, -0.2) is 4.79 Å². The molecule has 5 rings (SSSR count). The van der Waals surface area contributed by atoms with E-state index in [0.29, 0.717) is 23.2 Å². The minimum absolute atomic E-state index is 0.314. The monoisotopic (exact) mass is 430 g/mol. The Balaban J connectivity index is 1.49. The maximum absolute atomic E-state index is 12.9. The van der Waals surface area contributed by atoms with Crippen molar-refractivity contribution in [1.29, 1.82) is 0 Å². The van der Waals surface area contributed by atoms with Gasteiger partial charge in [0.05, 0.1) is 22.5 Å². The molecule has 0 amide bonds. The van der Waals surface area contributed by atoms with Gasteiger partial charge in [-0.15, -0.1) is 0 Å². The van der Waals surface area contributed by atoms with Gasteiger partial charge >= 0.3 is 5.63 Å². The second-order valence-electron chi connectivity index (χ2n) is 9.29. The van der Waals surface area contributed by atoms with E-state index in [0.717, 1.165) is 53.2 Å². The van der Waals surface area contributed by atoms with Crippen molar-refractivity contribution in [2.24, 2.45) is 0 Å². The molecular weight excluding hydrogens is 400 g/mol. The van der Waals surface area contributed by atoms with E-state index < -0.39 is 0 Å². The zero-order chi connectivity index (χ0) is 22.6. The molecule has 6 nitrogen and oxygen atoms in total. The zero-order valence-corrected chi connectivity index (χ0v) is 19.4. The maximum atomic E-state index is 12.9. The molecule has 1 aliphatic rings. The Morgan fingerprint density at radius 3 is 2.66 bits per heavy atom. The van der Waals surface area contributed by atoms with Crippen LogP contribution in [0.3, 0.4) is 0 Å². The summed E-state index contributed by atoms with van der Waals surface area (Å²) in [6.45, 7) is 13.7. The SMILES string of the molecule is Cc1cn2cc(-c3cc4ccc(N5CCN(C(C)C)[C@H](C)C5)cc4oc3=O)cc2c(C)n1. The summed E-state index contributed by atoms with van der Waals surface area (Å²) in [4.78, 5) is 22.3. The minimum atomic E-state index is -0.314.